The third-order valence-electron chi connectivity index (χ3n) is 2.56. The Balaban J connectivity index is 2.12. The van der Waals surface area contributed by atoms with Gasteiger partial charge < -0.3 is 4.74 Å². The summed E-state index contributed by atoms with van der Waals surface area (Å²) in [5, 5.41) is 8.63. The molecule has 2 rings (SSSR count). The second-order valence-electron chi connectivity index (χ2n) is 3.47. The van der Waals surface area contributed by atoms with Crippen LogP contribution in [0, 0.1) is 11.3 Å². The molecule has 14 heavy (non-hydrogen) atoms. The molecule has 2 heterocycles. The normalized spacial score (nSPS) is 17.6. The van der Waals surface area contributed by atoms with E-state index in [0.29, 0.717) is 11.5 Å². The van der Waals surface area contributed by atoms with Crippen LogP contribution in [0.15, 0.2) is 18.3 Å². The van der Waals surface area contributed by atoms with Crippen molar-refractivity contribution in [1.82, 2.24) is 4.98 Å². The largest absolute Gasteiger partial charge is 0.381 e. The van der Waals surface area contributed by atoms with Crippen molar-refractivity contribution in [3.05, 3.63) is 29.6 Å². The first kappa shape index (κ1) is 9.17. The molecule has 0 bridgehead atoms. The van der Waals surface area contributed by atoms with Gasteiger partial charge in [0, 0.05) is 31.0 Å². The minimum atomic E-state index is 0.511. The molecule has 0 amide bonds. The average molecular weight is 188 g/mol. The summed E-state index contributed by atoms with van der Waals surface area (Å²) >= 11 is 0. The Labute approximate surface area is 83.3 Å². The lowest BCUT2D eigenvalue weighted by atomic mass is 9.96. The van der Waals surface area contributed by atoms with Gasteiger partial charge in [0.05, 0.1) is 5.56 Å². The second-order valence-corrected chi connectivity index (χ2v) is 3.47. The van der Waals surface area contributed by atoms with E-state index in [0.717, 1.165) is 31.7 Å². The van der Waals surface area contributed by atoms with Crippen LogP contribution < -0.4 is 0 Å². The van der Waals surface area contributed by atoms with Crippen molar-refractivity contribution in [1.29, 1.82) is 5.26 Å². The number of rotatable bonds is 1. The highest BCUT2D eigenvalue weighted by atomic mass is 16.5. The van der Waals surface area contributed by atoms with Crippen molar-refractivity contribution in [3.8, 4) is 6.07 Å². The lowest BCUT2D eigenvalue weighted by Gasteiger charge is -2.21. The molecule has 0 saturated carbocycles. The smallest absolute Gasteiger partial charge is 0.101 e. The fraction of sp³-hybridized carbons (Fsp3) is 0.455. The van der Waals surface area contributed by atoms with E-state index in [-0.39, 0.29) is 0 Å². The monoisotopic (exact) mass is 188 g/mol. The van der Waals surface area contributed by atoms with Crippen LogP contribution in [0.3, 0.4) is 0 Å². The highest BCUT2D eigenvalue weighted by Gasteiger charge is 2.16. The van der Waals surface area contributed by atoms with Crippen LogP contribution in [0.5, 0.6) is 0 Å². The minimum Gasteiger partial charge on any atom is -0.381 e. The van der Waals surface area contributed by atoms with Gasteiger partial charge in [-0.2, -0.15) is 5.26 Å². The number of pyridine rings is 1. The number of ether oxygens (including phenoxy) is 1. The van der Waals surface area contributed by atoms with Crippen molar-refractivity contribution in [3.63, 3.8) is 0 Å². The number of nitriles is 1. The van der Waals surface area contributed by atoms with E-state index in [1.54, 1.807) is 6.20 Å². The van der Waals surface area contributed by atoms with Crippen LogP contribution in [-0.4, -0.2) is 18.2 Å². The Morgan fingerprint density at radius 3 is 2.71 bits per heavy atom. The molecule has 0 atom stereocenters. The minimum absolute atomic E-state index is 0.511. The van der Waals surface area contributed by atoms with Crippen molar-refractivity contribution >= 4 is 0 Å². The number of hydrogen-bond donors (Lipinski definition) is 0. The SMILES string of the molecule is N#Cc1ccc(C2CCOCC2)nc1. The quantitative estimate of drug-likeness (QED) is 0.675. The zero-order chi connectivity index (χ0) is 9.80. The molecule has 0 N–H and O–H groups in total. The van der Waals surface area contributed by atoms with Gasteiger partial charge in [0.15, 0.2) is 0 Å². The number of nitrogens with zero attached hydrogens (tertiary/aromatic N) is 2. The molecule has 0 aliphatic carbocycles. The van der Waals surface area contributed by atoms with E-state index in [1.807, 2.05) is 12.1 Å². The third kappa shape index (κ3) is 1.91. The van der Waals surface area contributed by atoms with Gasteiger partial charge in [-0.25, -0.2) is 0 Å². The van der Waals surface area contributed by atoms with Crippen LogP contribution in [0.2, 0.25) is 0 Å². The van der Waals surface area contributed by atoms with Crippen molar-refractivity contribution in [2.24, 2.45) is 0 Å². The zero-order valence-corrected chi connectivity index (χ0v) is 7.94. The first-order chi connectivity index (χ1) is 6.90. The summed E-state index contributed by atoms with van der Waals surface area (Å²) in [5.41, 5.74) is 1.72. The third-order valence-corrected chi connectivity index (χ3v) is 2.56. The van der Waals surface area contributed by atoms with Gasteiger partial charge in [0.25, 0.3) is 0 Å². The summed E-state index contributed by atoms with van der Waals surface area (Å²) in [4.78, 5) is 4.30. The van der Waals surface area contributed by atoms with E-state index >= 15 is 0 Å². The summed E-state index contributed by atoms with van der Waals surface area (Å²) < 4.78 is 5.29. The Hall–Kier alpha value is -1.40. The molecule has 0 radical (unpaired) electrons. The fourth-order valence-electron chi connectivity index (χ4n) is 1.71. The van der Waals surface area contributed by atoms with E-state index in [1.165, 1.54) is 0 Å². The van der Waals surface area contributed by atoms with Crippen LogP contribution >= 0.6 is 0 Å². The maximum absolute atomic E-state index is 8.63. The molecule has 1 aromatic heterocycles. The predicted molar refractivity (Wildman–Crippen MR) is 51.7 cm³/mol. The Morgan fingerprint density at radius 1 is 1.36 bits per heavy atom. The maximum atomic E-state index is 8.63. The van der Waals surface area contributed by atoms with Crippen molar-refractivity contribution in [2.45, 2.75) is 18.8 Å². The standard InChI is InChI=1S/C11H12N2O/c12-7-9-1-2-11(13-8-9)10-3-5-14-6-4-10/h1-2,8,10H,3-6H2. The fourth-order valence-corrected chi connectivity index (χ4v) is 1.71. The molecule has 0 aromatic carbocycles. The highest BCUT2D eigenvalue weighted by molar-refractivity contribution is 5.27. The maximum Gasteiger partial charge on any atom is 0.101 e. The summed E-state index contributed by atoms with van der Waals surface area (Å²) in [7, 11) is 0. The van der Waals surface area contributed by atoms with Gasteiger partial charge in [-0.05, 0) is 25.0 Å². The molecular formula is C11H12N2O. The Kier molecular flexibility index (Phi) is 2.76. The van der Waals surface area contributed by atoms with Crippen LogP contribution in [-0.2, 0) is 4.74 Å². The highest BCUT2D eigenvalue weighted by Crippen LogP contribution is 2.24. The summed E-state index contributed by atoms with van der Waals surface area (Å²) in [5.74, 6) is 0.511. The van der Waals surface area contributed by atoms with Gasteiger partial charge in [0.1, 0.15) is 6.07 Å². The van der Waals surface area contributed by atoms with Crippen LogP contribution in [0.1, 0.15) is 30.0 Å². The molecular weight excluding hydrogens is 176 g/mol. The summed E-state index contributed by atoms with van der Waals surface area (Å²) in [6.07, 6.45) is 3.72. The summed E-state index contributed by atoms with van der Waals surface area (Å²) in [6.45, 7) is 1.65. The molecule has 72 valence electrons. The number of aromatic nitrogens is 1. The average Bonchev–Trinajstić information content (AvgIpc) is 2.30. The molecule has 1 aliphatic rings. The Morgan fingerprint density at radius 2 is 2.14 bits per heavy atom. The molecule has 1 saturated heterocycles. The lowest BCUT2D eigenvalue weighted by molar-refractivity contribution is 0.0845. The van der Waals surface area contributed by atoms with Crippen LogP contribution in [0.25, 0.3) is 0 Å². The number of hydrogen-bond acceptors (Lipinski definition) is 3. The molecule has 3 nitrogen and oxygen atoms in total. The summed E-state index contributed by atoms with van der Waals surface area (Å²) in [6, 6.07) is 5.85. The molecule has 3 heteroatoms. The molecule has 1 aromatic rings. The Bertz CT molecular complexity index is 333. The van der Waals surface area contributed by atoms with Gasteiger partial charge in [-0.3, -0.25) is 4.98 Å². The van der Waals surface area contributed by atoms with Gasteiger partial charge in [-0.1, -0.05) is 0 Å². The predicted octanol–water partition coefficient (Wildman–Crippen LogP) is 1.85. The van der Waals surface area contributed by atoms with Crippen molar-refractivity contribution < 1.29 is 4.74 Å². The first-order valence-electron chi connectivity index (χ1n) is 4.84. The molecule has 1 aliphatic heterocycles. The van der Waals surface area contributed by atoms with Crippen LogP contribution in [0.4, 0.5) is 0 Å². The van der Waals surface area contributed by atoms with E-state index < -0.39 is 0 Å². The van der Waals surface area contributed by atoms with E-state index in [2.05, 4.69) is 11.1 Å². The first-order valence-corrected chi connectivity index (χ1v) is 4.84. The van der Waals surface area contributed by atoms with E-state index in [4.69, 9.17) is 10.00 Å². The molecule has 0 spiro atoms. The topological polar surface area (TPSA) is 45.9 Å². The van der Waals surface area contributed by atoms with E-state index in [9.17, 15) is 0 Å². The molecule has 0 unspecified atom stereocenters. The van der Waals surface area contributed by atoms with Gasteiger partial charge in [0.2, 0.25) is 0 Å². The lowest BCUT2D eigenvalue weighted by Crippen LogP contribution is -2.14. The van der Waals surface area contributed by atoms with Gasteiger partial charge >= 0.3 is 0 Å². The van der Waals surface area contributed by atoms with Gasteiger partial charge in [-0.15, -0.1) is 0 Å². The second kappa shape index (κ2) is 4.21. The van der Waals surface area contributed by atoms with Crippen molar-refractivity contribution in [2.75, 3.05) is 13.2 Å². The molecule has 1 fully saturated rings. The zero-order valence-electron chi connectivity index (χ0n) is 7.94.